The van der Waals surface area contributed by atoms with Crippen molar-refractivity contribution in [3.63, 3.8) is 0 Å². The van der Waals surface area contributed by atoms with Crippen molar-refractivity contribution in [2.24, 2.45) is 0 Å². The monoisotopic (exact) mass is 239 g/mol. The fourth-order valence-corrected chi connectivity index (χ4v) is 2.51. The highest BCUT2D eigenvalue weighted by Gasteiger charge is 2.36. The Morgan fingerprint density at radius 3 is 2.65 bits per heavy atom. The number of rotatable bonds is 3. The lowest BCUT2D eigenvalue weighted by molar-refractivity contribution is -0.0451. The maximum atomic E-state index is 13.3. The van der Waals surface area contributed by atoms with E-state index < -0.39 is 5.92 Å². The third kappa shape index (κ3) is 3.50. The van der Waals surface area contributed by atoms with Gasteiger partial charge < -0.3 is 5.32 Å². The van der Waals surface area contributed by atoms with Crippen LogP contribution in [0, 0.1) is 0 Å². The zero-order valence-electron chi connectivity index (χ0n) is 10.1. The summed E-state index contributed by atoms with van der Waals surface area (Å²) in [4.78, 5) is 0. The fourth-order valence-electron chi connectivity index (χ4n) is 2.51. The molecule has 1 saturated carbocycles. The van der Waals surface area contributed by atoms with E-state index in [4.69, 9.17) is 0 Å². The Morgan fingerprint density at radius 2 is 2.00 bits per heavy atom. The van der Waals surface area contributed by atoms with Gasteiger partial charge >= 0.3 is 0 Å². The zero-order valence-corrected chi connectivity index (χ0v) is 10.1. The number of alkyl halides is 2. The van der Waals surface area contributed by atoms with Gasteiger partial charge in [0.2, 0.25) is 5.92 Å². The molecule has 1 unspecified atom stereocenters. The Hall–Kier alpha value is -0.960. The lowest BCUT2D eigenvalue weighted by Gasteiger charge is -2.31. The predicted octanol–water partition coefficient (Wildman–Crippen LogP) is 3.92. The number of halogens is 2. The van der Waals surface area contributed by atoms with Gasteiger partial charge in [-0.3, -0.25) is 0 Å². The average Bonchev–Trinajstić information content (AvgIpc) is 2.29. The van der Waals surface area contributed by atoms with Crippen LogP contribution in [0.4, 0.5) is 8.78 Å². The summed E-state index contributed by atoms with van der Waals surface area (Å²) in [7, 11) is 0. The summed E-state index contributed by atoms with van der Waals surface area (Å²) >= 11 is 0. The fraction of sp³-hybridized carbons (Fsp3) is 0.571. The predicted molar refractivity (Wildman–Crippen MR) is 65.2 cm³/mol. The molecule has 2 rings (SSSR count). The zero-order chi connectivity index (χ0) is 12.3. The number of hydrogen-bond acceptors (Lipinski definition) is 1. The van der Waals surface area contributed by atoms with Crippen LogP contribution in [0.1, 0.15) is 44.2 Å². The van der Waals surface area contributed by atoms with Crippen molar-refractivity contribution in [1.29, 1.82) is 0 Å². The van der Waals surface area contributed by atoms with Gasteiger partial charge in [-0.1, -0.05) is 30.3 Å². The van der Waals surface area contributed by atoms with Gasteiger partial charge in [-0.2, -0.15) is 0 Å². The molecule has 94 valence electrons. The molecule has 1 N–H and O–H groups in total. The third-order valence-electron chi connectivity index (χ3n) is 3.43. The van der Waals surface area contributed by atoms with Crippen molar-refractivity contribution in [3.8, 4) is 0 Å². The van der Waals surface area contributed by atoms with Crippen molar-refractivity contribution in [2.45, 2.75) is 50.6 Å². The first-order chi connectivity index (χ1) is 8.07. The molecular formula is C14H19F2N. The summed E-state index contributed by atoms with van der Waals surface area (Å²) in [5.41, 5.74) is 1.15. The van der Waals surface area contributed by atoms with E-state index in [1.807, 2.05) is 37.3 Å². The first-order valence-corrected chi connectivity index (χ1v) is 6.26. The Bertz CT molecular complexity index is 350. The van der Waals surface area contributed by atoms with E-state index in [0.717, 1.165) is 12.0 Å². The van der Waals surface area contributed by atoms with Crippen LogP contribution in [0.3, 0.4) is 0 Å². The minimum absolute atomic E-state index is 0.0236. The summed E-state index contributed by atoms with van der Waals surface area (Å²) in [5.74, 6) is -2.48. The van der Waals surface area contributed by atoms with Crippen LogP contribution in [0.25, 0.3) is 0 Å². The van der Waals surface area contributed by atoms with E-state index in [1.54, 1.807) is 0 Å². The molecule has 0 amide bonds. The molecule has 1 fully saturated rings. The lowest BCUT2D eigenvalue weighted by atomic mass is 9.91. The second kappa shape index (κ2) is 5.13. The molecule has 0 aromatic heterocycles. The van der Waals surface area contributed by atoms with Crippen molar-refractivity contribution >= 4 is 0 Å². The van der Waals surface area contributed by atoms with Crippen molar-refractivity contribution in [2.75, 3.05) is 0 Å². The standard InChI is InChI=1S/C14H19F2N/c1-11(12-6-3-2-4-7-12)17-13-8-5-9-14(15,16)10-13/h2-4,6-7,11,13,17H,5,8-10H2,1H3/t11-,13?/m1/s1. The molecule has 3 heteroatoms. The summed E-state index contributed by atoms with van der Waals surface area (Å²) in [5, 5.41) is 3.31. The van der Waals surface area contributed by atoms with Crippen LogP contribution in [0.15, 0.2) is 30.3 Å². The van der Waals surface area contributed by atoms with Crippen molar-refractivity contribution in [1.82, 2.24) is 5.32 Å². The summed E-state index contributed by atoms with van der Waals surface area (Å²) < 4.78 is 26.5. The smallest absolute Gasteiger partial charge is 0.249 e. The van der Waals surface area contributed by atoms with E-state index in [-0.39, 0.29) is 24.9 Å². The van der Waals surface area contributed by atoms with Gasteiger partial charge in [-0.05, 0) is 25.3 Å². The molecule has 0 aliphatic heterocycles. The average molecular weight is 239 g/mol. The van der Waals surface area contributed by atoms with E-state index in [0.29, 0.717) is 6.42 Å². The molecule has 2 atom stereocenters. The molecular weight excluding hydrogens is 220 g/mol. The molecule has 0 saturated heterocycles. The van der Waals surface area contributed by atoms with Gasteiger partial charge in [0, 0.05) is 24.9 Å². The molecule has 0 bridgehead atoms. The first kappa shape index (κ1) is 12.5. The second-order valence-corrected chi connectivity index (χ2v) is 4.95. The first-order valence-electron chi connectivity index (χ1n) is 6.26. The van der Waals surface area contributed by atoms with E-state index >= 15 is 0 Å². The molecule has 0 spiro atoms. The van der Waals surface area contributed by atoms with E-state index in [2.05, 4.69) is 5.32 Å². The van der Waals surface area contributed by atoms with Gasteiger partial charge in [0.25, 0.3) is 0 Å². The topological polar surface area (TPSA) is 12.0 Å². The Balaban J connectivity index is 1.93. The lowest BCUT2D eigenvalue weighted by Crippen LogP contribution is -2.40. The minimum atomic E-state index is -2.48. The van der Waals surface area contributed by atoms with Crippen LogP contribution in [-0.2, 0) is 0 Å². The molecule has 0 heterocycles. The summed E-state index contributed by atoms with van der Waals surface area (Å²) in [6, 6.07) is 10.0. The maximum Gasteiger partial charge on any atom is 0.249 e. The molecule has 1 nitrogen and oxygen atoms in total. The highest BCUT2D eigenvalue weighted by molar-refractivity contribution is 5.18. The Kier molecular flexibility index (Phi) is 3.77. The Labute approximate surface area is 101 Å². The third-order valence-corrected chi connectivity index (χ3v) is 3.43. The van der Waals surface area contributed by atoms with Crippen molar-refractivity contribution < 1.29 is 8.78 Å². The highest BCUT2D eigenvalue weighted by atomic mass is 19.3. The molecule has 1 aromatic rings. The van der Waals surface area contributed by atoms with Gasteiger partial charge in [0.1, 0.15) is 0 Å². The molecule has 1 aliphatic rings. The number of hydrogen-bond donors (Lipinski definition) is 1. The van der Waals surface area contributed by atoms with Crippen LogP contribution < -0.4 is 5.32 Å². The van der Waals surface area contributed by atoms with Gasteiger partial charge in [-0.15, -0.1) is 0 Å². The molecule has 1 aliphatic carbocycles. The van der Waals surface area contributed by atoms with Crippen LogP contribution in [0.5, 0.6) is 0 Å². The van der Waals surface area contributed by atoms with Crippen LogP contribution in [-0.4, -0.2) is 12.0 Å². The van der Waals surface area contributed by atoms with Crippen LogP contribution >= 0.6 is 0 Å². The van der Waals surface area contributed by atoms with Gasteiger partial charge in [0.15, 0.2) is 0 Å². The quantitative estimate of drug-likeness (QED) is 0.843. The van der Waals surface area contributed by atoms with Gasteiger partial charge in [0.05, 0.1) is 0 Å². The molecule has 17 heavy (non-hydrogen) atoms. The largest absolute Gasteiger partial charge is 0.307 e. The highest BCUT2D eigenvalue weighted by Crippen LogP contribution is 2.33. The molecule has 1 aromatic carbocycles. The normalized spacial score (nSPS) is 25.5. The van der Waals surface area contributed by atoms with Crippen molar-refractivity contribution in [3.05, 3.63) is 35.9 Å². The van der Waals surface area contributed by atoms with E-state index in [1.165, 1.54) is 0 Å². The second-order valence-electron chi connectivity index (χ2n) is 4.95. The number of benzene rings is 1. The molecule has 0 radical (unpaired) electrons. The van der Waals surface area contributed by atoms with E-state index in [9.17, 15) is 8.78 Å². The van der Waals surface area contributed by atoms with Crippen LogP contribution in [0.2, 0.25) is 0 Å². The number of nitrogens with one attached hydrogen (secondary N) is 1. The SMILES string of the molecule is C[C@@H](NC1CCCC(F)(F)C1)c1ccccc1. The summed E-state index contributed by atoms with van der Waals surface area (Å²) in [6.07, 6.45) is 1.49. The van der Waals surface area contributed by atoms with Gasteiger partial charge in [-0.25, -0.2) is 8.78 Å². The minimum Gasteiger partial charge on any atom is -0.307 e. The Morgan fingerprint density at radius 1 is 1.29 bits per heavy atom. The summed E-state index contributed by atoms with van der Waals surface area (Å²) in [6.45, 7) is 2.03. The maximum absolute atomic E-state index is 13.3.